The smallest absolute Gasteiger partial charge is 0.416 e. The quantitative estimate of drug-likeness (QED) is 0.792. The van der Waals surface area contributed by atoms with Crippen molar-refractivity contribution in [2.45, 2.75) is 13.1 Å². The monoisotopic (exact) mass is 230 g/mol. The van der Waals surface area contributed by atoms with Gasteiger partial charge in [-0.3, -0.25) is 0 Å². The summed E-state index contributed by atoms with van der Waals surface area (Å²) in [5.74, 6) is -1.14. The van der Waals surface area contributed by atoms with Gasteiger partial charge >= 0.3 is 12.1 Å². The van der Waals surface area contributed by atoms with E-state index < -0.39 is 17.7 Å². The number of carboxylic acid groups (broad SMARTS) is 1. The third-order valence-electron chi connectivity index (χ3n) is 2.00. The highest BCUT2D eigenvalue weighted by molar-refractivity contribution is 5.85. The van der Waals surface area contributed by atoms with Crippen LogP contribution in [0.5, 0.6) is 0 Å². The van der Waals surface area contributed by atoms with Gasteiger partial charge in [0.15, 0.2) is 0 Å². The van der Waals surface area contributed by atoms with Gasteiger partial charge in [-0.25, -0.2) is 4.79 Å². The van der Waals surface area contributed by atoms with E-state index in [0.717, 1.165) is 18.2 Å². The molecule has 0 amide bonds. The highest BCUT2D eigenvalue weighted by atomic mass is 19.4. The molecule has 0 radical (unpaired) electrons. The summed E-state index contributed by atoms with van der Waals surface area (Å²) in [7, 11) is 0. The van der Waals surface area contributed by atoms with E-state index in [2.05, 4.69) is 0 Å². The van der Waals surface area contributed by atoms with Crippen molar-refractivity contribution in [3.05, 3.63) is 41.0 Å². The van der Waals surface area contributed by atoms with E-state index in [-0.39, 0.29) is 0 Å². The molecule has 0 spiro atoms. The number of carboxylic acids is 1. The molecule has 1 aromatic carbocycles. The average Bonchev–Trinajstić information content (AvgIpc) is 2.14. The summed E-state index contributed by atoms with van der Waals surface area (Å²) in [6, 6.07) is 3.16. The molecule has 86 valence electrons. The zero-order valence-corrected chi connectivity index (χ0v) is 8.38. The van der Waals surface area contributed by atoms with Gasteiger partial charge in [-0.2, -0.15) is 13.2 Å². The highest BCUT2D eigenvalue weighted by Gasteiger charge is 2.30. The third kappa shape index (κ3) is 3.12. The second-order valence-electron chi connectivity index (χ2n) is 3.24. The van der Waals surface area contributed by atoms with Crippen LogP contribution in [0.3, 0.4) is 0 Å². The van der Waals surface area contributed by atoms with Crippen LogP contribution in [0.4, 0.5) is 13.2 Å². The molecule has 0 saturated heterocycles. The summed E-state index contributed by atoms with van der Waals surface area (Å²) in [5.41, 5.74) is 0.0974. The van der Waals surface area contributed by atoms with E-state index in [1.807, 2.05) is 0 Å². The molecule has 5 heteroatoms. The Morgan fingerprint density at radius 2 is 2.00 bits per heavy atom. The van der Waals surface area contributed by atoms with Crippen molar-refractivity contribution < 1.29 is 23.1 Å². The molecule has 1 aromatic rings. The van der Waals surface area contributed by atoms with Crippen molar-refractivity contribution in [1.82, 2.24) is 0 Å². The molecular formula is C11H9F3O2. The zero-order valence-electron chi connectivity index (χ0n) is 8.38. The number of aliphatic carboxylic acids is 1. The zero-order chi connectivity index (χ0) is 12.3. The normalized spacial score (nSPS) is 12.0. The molecule has 0 aliphatic carbocycles. The van der Waals surface area contributed by atoms with Crippen LogP contribution in [-0.2, 0) is 11.0 Å². The SMILES string of the molecule is Cc1cc(C(F)(F)F)ccc1C=CC(=O)O. The van der Waals surface area contributed by atoms with Crippen LogP contribution in [-0.4, -0.2) is 11.1 Å². The Bertz CT molecular complexity index is 433. The van der Waals surface area contributed by atoms with E-state index in [4.69, 9.17) is 5.11 Å². The molecule has 0 fully saturated rings. The van der Waals surface area contributed by atoms with Crippen LogP contribution < -0.4 is 0 Å². The summed E-state index contributed by atoms with van der Waals surface area (Å²) in [6.45, 7) is 1.50. The summed E-state index contributed by atoms with van der Waals surface area (Å²) in [4.78, 5) is 10.2. The second kappa shape index (κ2) is 4.38. The lowest BCUT2D eigenvalue weighted by molar-refractivity contribution is -0.137. The van der Waals surface area contributed by atoms with Crippen LogP contribution in [0.2, 0.25) is 0 Å². The summed E-state index contributed by atoms with van der Waals surface area (Å²) >= 11 is 0. The fourth-order valence-corrected chi connectivity index (χ4v) is 1.20. The number of alkyl halides is 3. The molecule has 1 N–H and O–H groups in total. The minimum Gasteiger partial charge on any atom is -0.478 e. The maximum atomic E-state index is 12.3. The maximum absolute atomic E-state index is 12.3. The molecule has 0 aliphatic rings. The Hall–Kier alpha value is -1.78. The molecule has 2 nitrogen and oxygen atoms in total. The van der Waals surface area contributed by atoms with Crippen LogP contribution in [0, 0.1) is 6.92 Å². The van der Waals surface area contributed by atoms with E-state index in [9.17, 15) is 18.0 Å². The minimum atomic E-state index is -4.38. The van der Waals surface area contributed by atoms with Gasteiger partial charge < -0.3 is 5.11 Å². The van der Waals surface area contributed by atoms with Crippen LogP contribution in [0.15, 0.2) is 24.3 Å². The number of halogens is 3. The first-order valence-electron chi connectivity index (χ1n) is 4.39. The average molecular weight is 230 g/mol. The molecule has 1 rings (SSSR count). The lowest BCUT2D eigenvalue weighted by Gasteiger charge is -2.08. The van der Waals surface area contributed by atoms with Gasteiger partial charge in [-0.05, 0) is 36.3 Å². The molecule has 16 heavy (non-hydrogen) atoms. The predicted molar refractivity (Wildman–Crippen MR) is 52.9 cm³/mol. The van der Waals surface area contributed by atoms with Crippen molar-refractivity contribution in [3.8, 4) is 0 Å². The third-order valence-corrected chi connectivity index (χ3v) is 2.00. The first-order valence-corrected chi connectivity index (χ1v) is 4.39. The van der Waals surface area contributed by atoms with Crippen molar-refractivity contribution >= 4 is 12.0 Å². The highest BCUT2D eigenvalue weighted by Crippen LogP contribution is 2.30. The molecule has 0 heterocycles. The maximum Gasteiger partial charge on any atom is 0.416 e. The van der Waals surface area contributed by atoms with Crippen LogP contribution in [0.25, 0.3) is 6.08 Å². The second-order valence-corrected chi connectivity index (χ2v) is 3.24. The van der Waals surface area contributed by atoms with Crippen molar-refractivity contribution in [2.24, 2.45) is 0 Å². The van der Waals surface area contributed by atoms with Crippen LogP contribution >= 0.6 is 0 Å². The molecule has 0 saturated carbocycles. The first-order chi connectivity index (χ1) is 7.30. The number of rotatable bonds is 2. The summed E-state index contributed by atoms with van der Waals surface area (Å²) in [5, 5.41) is 8.38. The number of hydrogen-bond acceptors (Lipinski definition) is 1. The van der Waals surface area contributed by atoms with Gasteiger partial charge in [0.2, 0.25) is 0 Å². The number of hydrogen-bond donors (Lipinski definition) is 1. The summed E-state index contributed by atoms with van der Waals surface area (Å²) < 4.78 is 36.9. The van der Waals surface area contributed by atoms with E-state index in [1.54, 1.807) is 0 Å². The lowest BCUT2D eigenvalue weighted by atomic mass is 10.0. The van der Waals surface area contributed by atoms with Crippen molar-refractivity contribution in [2.75, 3.05) is 0 Å². The molecule has 0 aliphatic heterocycles. The van der Waals surface area contributed by atoms with E-state index in [1.165, 1.54) is 19.1 Å². The van der Waals surface area contributed by atoms with Gasteiger partial charge in [0.1, 0.15) is 0 Å². The summed E-state index contributed by atoms with van der Waals surface area (Å²) in [6.07, 6.45) is -2.23. The van der Waals surface area contributed by atoms with Gasteiger partial charge in [0.25, 0.3) is 0 Å². The fraction of sp³-hybridized carbons (Fsp3) is 0.182. The molecule has 0 bridgehead atoms. The van der Waals surface area contributed by atoms with E-state index in [0.29, 0.717) is 11.1 Å². The molecule has 0 unspecified atom stereocenters. The van der Waals surface area contributed by atoms with Gasteiger partial charge in [-0.15, -0.1) is 0 Å². The van der Waals surface area contributed by atoms with Gasteiger partial charge in [-0.1, -0.05) is 6.07 Å². The predicted octanol–water partition coefficient (Wildman–Crippen LogP) is 3.11. The largest absolute Gasteiger partial charge is 0.478 e. The Labute approximate surface area is 90.0 Å². The number of carbonyl (C=O) groups is 1. The fourth-order valence-electron chi connectivity index (χ4n) is 1.20. The molecular weight excluding hydrogens is 221 g/mol. The van der Waals surface area contributed by atoms with Gasteiger partial charge in [0, 0.05) is 6.08 Å². The Morgan fingerprint density at radius 3 is 2.44 bits per heavy atom. The molecule has 0 atom stereocenters. The Kier molecular flexibility index (Phi) is 3.37. The van der Waals surface area contributed by atoms with Gasteiger partial charge in [0.05, 0.1) is 5.56 Å². The van der Waals surface area contributed by atoms with Crippen molar-refractivity contribution in [3.63, 3.8) is 0 Å². The topological polar surface area (TPSA) is 37.3 Å². The minimum absolute atomic E-state index is 0.382. The molecule has 0 aromatic heterocycles. The Balaban J connectivity index is 3.05. The van der Waals surface area contributed by atoms with E-state index >= 15 is 0 Å². The number of aryl methyl sites for hydroxylation is 1. The Morgan fingerprint density at radius 1 is 1.38 bits per heavy atom. The standard InChI is InChI=1S/C11H9F3O2/c1-7-6-9(11(12,13)14)4-2-8(7)3-5-10(15)16/h2-6H,1H3,(H,15,16). The van der Waals surface area contributed by atoms with Crippen molar-refractivity contribution in [1.29, 1.82) is 0 Å². The lowest BCUT2D eigenvalue weighted by Crippen LogP contribution is -2.05. The van der Waals surface area contributed by atoms with Crippen LogP contribution in [0.1, 0.15) is 16.7 Å². The first kappa shape index (κ1) is 12.3. The number of benzene rings is 1.